The number of allylic oxidation sites excluding steroid dienone is 6. The van der Waals surface area contributed by atoms with Crippen LogP contribution in [-0.4, -0.2) is 9.13 Å². The highest BCUT2D eigenvalue weighted by molar-refractivity contribution is 8.29. The van der Waals surface area contributed by atoms with E-state index in [0.717, 1.165) is 19.3 Å². The molecule has 0 radical (unpaired) electrons. The van der Waals surface area contributed by atoms with Gasteiger partial charge in [-0.25, -0.2) is 0 Å². The topological polar surface area (TPSA) is 9.86 Å². The molecule has 4 aromatic rings. The second-order valence-corrected chi connectivity index (χ2v) is 18.6. The van der Waals surface area contributed by atoms with Gasteiger partial charge in [-0.2, -0.15) is 0 Å². The van der Waals surface area contributed by atoms with Gasteiger partial charge in [-0.3, -0.25) is 9.13 Å². The number of aromatic nitrogens is 2. The Morgan fingerprint density at radius 3 is 1.12 bits per heavy atom. The largest absolute Gasteiger partial charge is 0.296 e. The van der Waals surface area contributed by atoms with E-state index in [1.54, 1.807) is 22.7 Å². The zero-order chi connectivity index (χ0) is 29.7. The van der Waals surface area contributed by atoms with Crippen molar-refractivity contribution in [2.75, 3.05) is 0 Å². The Morgan fingerprint density at radius 2 is 0.810 bits per heavy atom. The summed E-state index contributed by atoms with van der Waals surface area (Å²) in [6.45, 7) is 13.3. The van der Waals surface area contributed by atoms with Crippen LogP contribution in [0.15, 0.2) is 88.8 Å². The molecule has 4 heterocycles. The zero-order valence-corrected chi connectivity index (χ0v) is 30.5. The van der Waals surface area contributed by atoms with Gasteiger partial charge < -0.3 is 0 Å². The van der Waals surface area contributed by atoms with Gasteiger partial charge in [0.1, 0.15) is 0 Å². The van der Waals surface area contributed by atoms with Crippen molar-refractivity contribution in [3.05, 3.63) is 118 Å². The fraction of sp³-hybridized carbons (Fsp3) is 0.188. The quantitative estimate of drug-likeness (QED) is 0.191. The summed E-state index contributed by atoms with van der Waals surface area (Å²) in [6, 6.07) is 20.9. The first-order valence-electron chi connectivity index (χ1n) is 13.3. The molecule has 0 unspecified atom stereocenters. The maximum atomic E-state index is 6.05. The van der Waals surface area contributed by atoms with Crippen LogP contribution in [0.25, 0.3) is 22.5 Å². The molecule has 42 heavy (non-hydrogen) atoms. The number of nitrogens with zero attached hydrogens (tertiary/aromatic N) is 2. The van der Waals surface area contributed by atoms with Crippen LogP contribution < -0.4 is 0 Å². The fourth-order valence-electron chi connectivity index (χ4n) is 4.81. The summed E-state index contributed by atoms with van der Waals surface area (Å²) in [7, 11) is 0. The molecular formula is C32H28N2S8. The van der Waals surface area contributed by atoms with Crippen molar-refractivity contribution in [2.45, 2.75) is 41.5 Å². The number of para-hydroxylation sites is 2. The Hall–Kier alpha value is -1.50. The van der Waals surface area contributed by atoms with Gasteiger partial charge >= 0.3 is 0 Å². The van der Waals surface area contributed by atoms with Crippen LogP contribution in [0.3, 0.4) is 0 Å². The minimum atomic E-state index is 0.856. The minimum Gasteiger partial charge on any atom is -0.296 e. The molecule has 0 saturated heterocycles. The predicted molar refractivity (Wildman–Crippen MR) is 199 cm³/mol. The first-order chi connectivity index (χ1) is 20.2. The van der Waals surface area contributed by atoms with Crippen molar-refractivity contribution in [2.24, 2.45) is 0 Å². The lowest BCUT2D eigenvalue weighted by Crippen LogP contribution is -2.01. The molecule has 0 aliphatic carbocycles. The monoisotopic (exact) mass is 696 g/mol. The van der Waals surface area contributed by atoms with Gasteiger partial charge in [-0.1, -0.05) is 83.4 Å². The third-order valence-corrected chi connectivity index (χ3v) is 15.4. The van der Waals surface area contributed by atoms with Gasteiger partial charge in [0.25, 0.3) is 0 Å². The number of thiazole rings is 2. The summed E-state index contributed by atoms with van der Waals surface area (Å²) in [5.74, 6) is 0. The highest BCUT2D eigenvalue weighted by Crippen LogP contribution is 2.60. The predicted octanol–water partition coefficient (Wildman–Crippen LogP) is 13.0. The smallest absolute Gasteiger partial charge is 0.166 e. The standard InChI is InChI=1S/C32H28N2S8/c1-17-27(41-31(35)33(17)23-13-9-7-10-14-23)25(29-37-19(3)20(4)38-29)26(30-39-21(5)22(6)40-30)28-18(2)34(32(36)42-28)24-15-11-8-12-16-24/h7-16H,1-6H3. The third-order valence-electron chi connectivity index (χ3n) is 7.19. The summed E-state index contributed by atoms with van der Waals surface area (Å²) in [5.41, 5.74) is 7.05. The van der Waals surface area contributed by atoms with E-state index in [1.165, 1.54) is 60.4 Å². The average Bonchev–Trinajstić information content (AvgIpc) is 3.67. The lowest BCUT2D eigenvalue weighted by molar-refractivity contribution is 1.000. The number of hydrogen-bond acceptors (Lipinski definition) is 8. The maximum absolute atomic E-state index is 6.05. The molecule has 2 aliphatic rings. The molecule has 2 aromatic heterocycles. The van der Waals surface area contributed by atoms with Gasteiger partial charge in [0.2, 0.25) is 0 Å². The summed E-state index contributed by atoms with van der Waals surface area (Å²) in [6.07, 6.45) is 0. The lowest BCUT2D eigenvalue weighted by atomic mass is 10.0. The van der Waals surface area contributed by atoms with Gasteiger partial charge in [-0.15, -0.1) is 22.7 Å². The Kier molecular flexibility index (Phi) is 9.07. The molecule has 2 nitrogen and oxygen atoms in total. The van der Waals surface area contributed by atoms with Crippen LogP contribution in [0, 0.1) is 21.8 Å². The molecule has 0 saturated carbocycles. The van der Waals surface area contributed by atoms with E-state index in [4.69, 9.17) is 24.4 Å². The molecule has 0 atom stereocenters. The molecule has 2 aromatic carbocycles. The Labute approximate surface area is 282 Å². The molecule has 0 fully saturated rings. The van der Waals surface area contributed by atoms with Crippen molar-refractivity contribution >= 4 is 105 Å². The normalized spacial score (nSPS) is 15.4. The molecule has 6 rings (SSSR count). The molecule has 0 amide bonds. The SMILES string of the molecule is CC1=C(C)SC(=C(C(=C2SC(C)=C(C)S2)c2sc(=S)n(-c3ccccc3)c2C)c2sc(=S)n(-c3ccccc3)c2C)S1. The van der Waals surface area contributed by atoms with Crippen LogP contribution >= 0.6 is 94.2 Å². The number of benzene rings is 2. The van der Waals surface area contributed by atoms with Gasteiger partial charge in [0.15, 0.2) is 7.91 Å². The average molecular weight is 697 g/mol. The first-order valence-corrected chi connectivity index (χ1v) is 19.0. The molecule has 0 spiro atoms. The summed E-state index contributed by atoms with van der Waals surface area (Å²) >= 11 is 23.1. The van der Waals surface area contributed by atoms with Gasteiger partial charge in [0, 0.05) is 33.9 Å². The van der Waals surface area contributed by atoms with E-state index in [1.807, 2.05) is 47.0 Å². The molecule has 214 valence electrons. The van der Waals surface area contributed by atoms with Crippen molar-refractivity contribution in [3.63, 3.8) is 0 Å². The Morgan fingerprint density at radius 1 is 0.500 bits per heavy atom. The summed E-state index contributed by atoms with van der Waals surface area (Å²) < 4.78 is 8.77. The highest BCUT2D eigenvalue weighted by Gasteiger charge is 2.32. The minimum absolute atomic E-state index is 0.856. The van der Waals surface area contributed by atoms with Crippen LogP contribution in [0.1, 0.15) is 48.8 Å². The van der Waals surface area contributed by atoms with E-state index in [9.17, 15) is 0 Å². The first kappa shape index (κ1) is 30.5. The molecule has 2 aliphatic heterocycles. The molecule has 10 heteroatoms. The Bertz CT molecular complexity index is 1790. The zero-order valence-electron chi connectivity index (χ0n) is 23.9. The van der Waals surface area contributed by atoms with Gasteiger partial charge in [-0.05, 0) is 110 Å². The summed E-state index contributed by atoms with van der Waals surface area (Å²) in [5, 5.41) is 0. The van der Waals surface area contributed by atoms with Crippen molar-refractivity contribution in [3.8, 4) is 11.4 Å². The summed E-state index contributed by atoms with van der Waals surface area (Å²) in [4.78, 5) is 7.84. The lowest BCUT2D eigenvalue weighted by Gasteiger charge is -2.18. The highest BCUT2D eigenvalue weighted by atomic mass is 32.2. The molecule has 0 bridgehead atoms. The van der Waals surface area contributed by atoms with E-state index in [-0.39, 0.29) is 0 Å². The van der Waals surface area contributed by atoms with Crippen LogP contribution in [0.5, 0.6) is 0 Å². The van der Waals surface area contributed by atoms with Crippen molar-refractivity contribution in [1.29, 1.82) is 0 Å². The second kappa shape index (κ2) is 12.5. The second-order valence-electron chi connectivity index (χ2n) is 9.86. The van der Waals surface area contributed by atoms with E-state index in [2.05, 4.69) is 111 Å². The van der Waals surface area contributed by atoms with Crippen LogP contribution in [0.2, 0.25) is 0 Å². The van der Waals surface area contributed by atoms with Crippen molar-refractivity contribution < 1.29 is 0 Å². The molecular weight excluding hydrogens is 669 g/mol. The van der Waals surface area contributed by atoms with Crippen LogP contribution in [-0.2, 0) is 0 Å². The third kappa shape index (κ3) is 5.58. The van der Waals surface area contributed by atoms with Crippen molar-refractivity contribution in [1.82, 2.24) is 9.13 Å². The maximum Gasteiger partial charge on any atom is 0.166 e. The van der Waals surface area contributed by atoms with Gasteiger partial charge in [0.05, 0.1) is 18.2 Å². The fourth-order valence-corrected chi connectivity index (χ4v) is 13.4. The van der Waals surface area contributed by atoms with E-state index < -0.39 is 0 Å². The van der Waals surface area contributed by atoms with E-state index >= 15 is 0 Å². The Balaban J connectivity index is 1.67. The van der Waals surface area contributed by atoms with Crippen LogP contribution in [0.4, 0.5) is 0 Å². The number of hydrogen-bond donors (Lipinski definition) is 0. The number of thioether (sulfide) groups is 4. The van der Waals surface area contributed by atoms with E-state index in [0.29, 0.717) is 0 Å². The molecule has 0 N–H and O–H groups in total. The number of rotatable bonds is 5.